The summed E-state index contributed by atoms with van der Waals surface area (Å²) in [6.07, 6.45) is 0. The molecule has 1 aliphatic rings. The van der Waals surface area contributed by atoms with E-state index in [1.54, 1.807) is 25.1 Å². The Morgan fingerprint density at radius 3 is 2.18 bits per heavy atom. The fourth-order valence-electron chi connectivity index (χ4n) is 4.65. The van der Waals surface area contributed by atoms with Crippen molar-refractivity contribution in [1.29, 1.82) is 0 Å². The first-order valence-electron chi connectivity index (χ1n) is 11.1. The molecule has 0 saturated carbocycles. The first kappa shape index (κ1) is 21.5. The number of aryl methyl sites for hydroxylation is 1. The van der Waals surface area contributed by atoms with Crippen molar-refractivity contribution in [3.63, 3.8) is 0 Å². The van der Waals surface area contributed by atoms with E-state index in [1.165, 1.54) is 9.69 Å². The molecule has 7 heteroatoms. The second kappa shape index (κ2) is 8.51. The van der Waals surface area contributed by atoms with E-state index in [1.807, 2.05) is 73.7 Å². The van der Waals surface area contributed by atoms with E-state index in [4.69, 9.17) is 0 Å². The van der Waals surface area contributed by atoms with Gasteiger partial charge in [0.1, 0.15) is 5.75 Å². The molecule has 0 fully saturated rings. The smallest absolute Gasteiger partial charge is 0.275 e. The van der Waals surface area contributed by atoms with Crippen LogP contribution in [0.4, 0.5) is 5.69 Å². The van der Waals surface area contributed by atoms with E-state index < -0.39 is 11.8 Å². The van der Waals surface area contributed by atoms with Gasteiger partial charge in [0.25, 0.3) is 11.5 Å². The number of hydrogen-bond donors (Lipinski definition) is 2. The summed E-state index contributed by atoms with van der Waals surface area (Å²) in [4.78, 5) is 27.4. The predicted molar refractivity (Wildman–Crippen MR) is 132 cm³/mol. The van der Waals surface area contributed by atoms with Crippen LogP contribution in [-0.4, -0.2) is 26.5 Å². The largest absolute Gasteiger partial charge is 0.508 e. The molecule has 4 aromatic rings. The lowest BCUT2D eigenvalue weighted by atomic mass is 9.78. The van der Waals surface area contributed by atoms with Crippen LogP contribution >= 0.6 is 0 Å². The van der Waals surface area contributed by atoms with Crippen LogP contribution in [0.3, 0.4) is 0 Å². The van der Waals surface area contributed by atoms with Crippen molar-refractivity contribution in [3.8, 4) is 11.4 Å². The number of nitrogens with zero attached hydrogens (tertiary/aromatic N) is 3. The number of aromatic hydroxyl groups is 1. The van der Waals surface area contributed by atoms with E-state index in [9.17, 15) is 14.7 Å². The van der Waals surface area contributed by atoms with Crippen molar-refractivity contribution in [2.24, 2.45) is 11.0 Å². The number of anilines is 1. The van der Waals surface area contributed by atoms with Gasteiger partial charge in [0.2, 0.25) is 0 Å². The molecule has 5 rings (SSSR count). The third kappa shape index (κ3) is 3.61. The molecule has 1 aliphatic heterocycles. The SMILES string of the molecule is CC1=NN(c2ccccc2)C(=O)[C@@H]1[C@H](c1cccc(O)c1)c1c(C)[nH]n(-c2ccccc2)c1=O. The normalized spacial score (nSPS) is 16.5. The standard InChI is InChI=1S/C27H24N4O3/c1-17-23(26(33)30(28-17)20-11-5-3-6-12-20)25(19-10-9-15-22(32)16-19)24-18(2)29-31(27(24)34)21-13-7-4-8-14-21/h3-16,23,25,29,32H,1-2H3/t23-,25-/m0/s1. The Bertz CT molecular complexity index is 1440. The van der Waals surface area contributed by atoms with Gasteiger partial charge in [-0.1, -0.05) is 48.5 Å². The number of carbonyl (C=O) groups is 1. The highest BCUT2D eigenvalue weighted by Gasteiger charge is 2.43. The number of carbonyl (C=O) groups excluding carboxylic acids is 1. The van der Waals surface area contributed by atoms with E-state index in [0.717, 1.165) is 0 Å². The maximum Gasteiger partial charge on any atom is 0.275 e. The average molecular weight is 453 g/mol. The molecule has 1 amide bonds. The van der Waals surface area contributed by atoms with Crippen LogP contribution in [0, 0.1) is 12.8 Å². The molecular formula is C27H24N4O3. The van der Waals surface area contributed by atoms with Gasteiger partial charge in [-0.15, -0.1) is 0 Å². The van der Waals surface area contributed by atoms with Crippen molar-refractivity contribution in [2.75, 3.05) is 5.01 Å². The van der Waals surface area contributed by atoms with E-state index in [-0.39, 0.29) is 17.2 Å². The molecule has 2 N–H and O–H groups in total. The number of rotatable bonds is 5. The minimum absolute atomic E-state index is 0.0685. The van der Waals surface area contributed by atoms with Crippen LogP contribution in [0.5, 0.6) is 5.75 Å². The molecule has 0 bridgehead atoms. The summed E-state index contributed by atoms with van der Waals surface area (Å²) >= 11 is 0. The Labute approximate surface area is 196 Å². The number of aromatic nitrogens is 2. The molecule has 0 aliphatic carbocycles. The van der Waals surface area contributed by atoms with Crippen molar-refractivity contribution >= 4 is 17.3 Å². The molecule has 1 aromatic heterocycles. The summed E-state index contributed by atoms with van der Waals surface area (Å²) < 4.78 is 1.49. The summed E-state index contributed by atoms with van der Waals surface area (Å²) in [5, 5.41) is 19.3. The third-order valence-electron chi connectivity index (χ3n) is 6.19. The highest BCUT2D eigenvalue weighted by Crippen LogP contribution is 2.39. The van der Waals surface area contributed by atoms with Gasteiger partial charge in [-0.25, -0.2) is 9.69 Å². The third-order valence-corrected chi connectivity index (χ3v) is 6.19. The van der Waals surface area contributed by atoms with Crippen molar-refractivity contribution in [1.82, 2.24) is 9.78 Å². The Morgan fingerprint density at radius 2 is 1.53 bits per heavy atom. The second-order valence-electron chi connectivity index (χ2n) is 8.40. The lowest BCUT2D eigenvalue weighted by Gasteiger charge is -2.23. The highest BCUT2D eigenvalue weighted by molar-refractivity contribution is 6.15. The number of hydrogen-bond acceptors (Lipinski definition) is 4. The molecule has 0 saturated heterocycles. The number of H-pyrrole nitrogens is 1. The van der Waals surface area contributed by atoms with Crippen LogP contribution in [0.15, 0.2) is 94.8 Å². The summed E-state index contributed by atoms with van der Waals surface area (Å²) in [6.45, 7) is 3.63. The summed E-state index contributed by atoms with van der Waals surface area (Å²) in [7, 11) is 0. The Balaban J connectivity index is 1.67. The van der Waals surface area contributed by atoms with Crippen LogP contribution < -0.4 is 10.6 Å². The van der Waals surface area contributed by atoms with Gasteiger partial charge < -0.3 is 5.11 Å². The second-order valence-corrected chi connectivity index (χ2v) is 8.40. The van der Waals surface area contributed by atoms with Gasteiger partial charge in [0.05, 0.1) is 17.3 Å². The quantitative estimate of drug-likeness (QED) is 0.472. The molecule has 2 atom stereocenters. The first-order chi connectivity index (χ1) is 16.5. The van der Waals surface area contributed by atoms with E-state index in [2.05, 4.69) is 10.2 Å². The number of para-hydroxylation sites is 2. The maximum atomic E-state index is 13.7. The van der Waals surface area contributed by atoms with Gasteiger partial charge in [-0.2, -0.15) is 5.10 Å². The fraction of sp³-hybridized carbons (Fsp3) is 0.148. The number of phenolic OH excluding ortho intramolecular Hbond substituents is 1. The van der Waals surface area contributed by atoms with Crippen molar-refractivity contribution in [2.45, 2.75) is 19.8 Å². The van der Waals surface area contributed by atoms with Gasteiger partial charge in [-0.05, 0) is 55.8 Å². The highest BCUT2D eigenvalue weighted by atomic mass is 16.3. The first-order valence-corrected chi connectivity index (χ1v) is 11.1. The lowest BCUT2D eigenvalue weighted by molar-refractivity contribution is -0.120. The Morgan fingerprint density at radius 1 is 0.882 bits per heavy atom. The summed E-state index contributed by atoms with van der Waals surface area (Å²) in [5.74, 6) is -1.48. The zero-order chi connectivity index (χ0) is 23.8. The molecule has 0 radical (unpaired) electrons. The topological polar surface area (TPSA) is 90.7 Å². The Kier molecular flexibility index (Phi) is 5.37. The number of aromatic amines is 1. The van der Waals surface area contributed by atoms with Crippen LogP contribution in [0.2, 0.25) is 0 Å². The summed E-state index contributed by atoms with van der Waals surface area (Å²) in [6, 6.07) is 25.2. The maximum absolute atomic E-state index is 13.7. The Hall–Kier alpha value is -4.39. The molecule has 3 aromatic carbocycles. The van der Waals surface area contributed by atoms with Crippen LogP contribution in [-0.2, 0) is 4.79 Å². The van der Waals surface area contributed by atoms with E-state index in [0.29, 0.717) is 33.9 Å². The van der Waals surface area contributed by atoms with Gasteiger partial charge in [0, 0.05) is 22.9 Å². The van der Waals surface area contributed by atoms with Gasteiger partial charge in [0.15, 0.2) is 0 Å². The molecule has 34 heavy (non-hydrogen) atoms. The minimum Gasteiger partial charge on any atom is -0.508 e. The minimum atomic E-state index is -0.701. The number of benzene rings is 3. The van der Waals surface area contributed by atoms with Crippen molar-refractivity contribution < 1.29 is 9.90 Å². The van der Waals surface area contributed by atoms with Crippen molar-refractivity contribution in [3.05, 3.63) is 112 Å². The molecule has 170 valence electrons. The van der Waals surface area contributed by atoms with E-state index >= 15 is 0 Å². The molecular weight excluding hydrogens is 428 g/mol. The zero-order valence-corrected chi connectivity index (χ0v) is 18.8. The van der Waals surface area contributed by atoms with Gasteiger partial charge >= 0.3 is 0 Å². The lowest BCUT2D eigenvalue weighted by Crippen LogP contribution is -2.34. The number of phenols is 1. The average Bonchev–Trinajstić information content (AvgIpc) is 3.31. The zero-order valence-electron chi connectivity index (χ0n) is 18.8. The number of amides is 1. The van der Waals surface area contributed by atoms with Crippen LogP contribution in [0.25, 0.3) is 5.69 Å². The molecule has 7 nitrogen and oxygen atoms in total. The fourth-order valence-corrected chi connectivity index (χ4v) is 4.65. The summed E-state index contributed by atoms with van der Waals surface area (Å²) in [5.41, 5.74) is 3.52. The molecule has 0 unspecified atom stereocenters. The number of nitrogens with one attached hydrogen (secondary N) is 1. The molecule has 0 spiro atoms. The number of hydrazone groups is 1. The monoisotopic (exact) mass is 452 g/mol. The predicted octanol–water partition coefficient (Wildman–Crippen LogP) is 4.35. The van der Waals surface area contributed by atoms with Crippen LogP contribution in [0.1, 0.15) is 29.7 Å². The van der Waals surface area contributed by atoms with Gasteiger partial charge in [-0.3, -0.25) is 14.7 Å². The molecule has 2 heterocycles.